The van der Waals surface area contributed by atoms with Crippen molar-refractivity contribution >= 4 is 5.91 Å². The van der Waals surface area contributed by atoms with Crippen molar-refractivity contribution in [2.45, 2.75) is 20.3 Å². The van der Waals surface area contributed by atoms with Crippen molar-refractivity contribution in [3.8, 4) is 0 Å². The average Bonchev–Trinajstić information content (AvgIpc) is 2.35. The molecule has 13 heavy (non-hydrogen) atoms. The molecule has 0 saturated carbocycles. The largest absolute Gasteiger partial charge is 0.361 e. The maximum atomic E-state index is 11.4. The van der Waals surface area contributed by atoms with Crippen LogP contribution in [0, 0.1) is 13.8 Å². The van der Waals surface area contributed by atoms with Crippen LogP contribution in [0.15, 0.2) is 4.52 Å². The number of aromatic nitrogens is 1. The molecule has 1 rings (SSSR count). The van der Waals surface area contributed by atoms with E-state index in [1.165, 1.54) is 0 Å². The topological polar surface area (TPSA) is 46.3 Å². The van der Waals surface area contributed by atoms with Crippen LogP contribution in [-0.2, 0) is 11.2 Å². The number of hydrogen-bond donors (Lipinski definition) is 0. The van der Waals surface area contributed by atoms with E-state index >= 15 is 0 Å². The van der Waals surface area contributed by atoms with Crippen molar-refractivity contribution in [1.82, 2.24) is 10.1 Å². The van der Waals surface area contributed by atoms with Crippen molar-refractivity contribution < 1.29 is 9.32 Å². The predicted octanol–water partition coefficient (Wildman–Crippen LogP) is 0.922. The van der Waals surface area contributed by atoms with E-state index in [0.29, 0.717) is 6.42 Å². The molecule has 1 heterocycles. The van der Waals surface area contributed by atoms with Gasteiger partial charge in [0.1, 0.15) is 5.76 Å². The Labute approximate surface area is 77.5 Å². The van der Waals surface area contributed by atoms with Gasteiger partial charge < -0.3 is 9.42 Å². The summed E-state index contributed by atoms with van der Waals surface area (Å²) in [5.74, 6) is 0.794. The second-order valence-electron chi connectivity index (χ2n) is 3.27. The summed E-state index contributed by atoms with van der Waals surface area (Å²) in [6.45, 7) is 3.66. The molecular formula is C9H14N2O2. The Kier molecular flexibility index (Phi) is 2.70. The van der Waals surface area contributed by atoms with Crippen molar-refractivity contribution in [1.29, 1.82) is 0 Å². The summed E-state index contributed by atoms with van der Waals surface area (Å²) in [7, 11) is 3.47. The maximum Gasteiger partial charge on any atom is 0.226 e. The highest BCUT2D eigenvalue weighted by Crippen LogP contribution is 2.13. The first kappa shape index (κ1) is 9.77. The van der Waals surface area contributed by atoms with Crippen LogP contribution >= 0.6 is 0 Å². The molecule has 0 N–H and O–H groups in total. The van der Waals surface area contributed by atoms with Gasteiger partial charge in [0.25, 0.3) is 0 Å². The summed E-state index contributed by atoms with van der Waals surface area (Å²) in [6.07, 6.45) is 0.369. The Morgan fingerprint density at radius 2 is 2.08 bits per heavy atom. The minimum Gasteiger partial charge on any atom is -0.361 e. The summed E-state index contributed by atoms with van der Waals surface area (Å²) < 4.78 is 4.96. The lowest BCUT2D eigenvalue weighted by molar-refractivity contribution is -0.127. The summed E-state index contributed by atoms with van der Waals surface area (Å²) in [4.78, 5) is 12.9. The Morgan fingerprint density at radius 3 is 2.46 bits per heavy atom. The van der Waals surface area contributed by atoms with E-state index in [9.17, 15) is 4.79 Å². The fraction of sp³-hybridized carbons (Fsp3) is 0.556. The molecule has 1 aromatic heterocycles. The van der Waals surface area contributed by atoms with Crippen molar-refractivity contribution in [2.24, 2.45) is 0 Å². The third kappa shape index (κ3) is 2.08. The van der Waals surface area contributed by atoms with Crippen molar-refractivity contribution in [2.75, 3.05) is 14.1 Å². The van der Waals surface area contributed by atoms with E-state index in [4.69, 9.17) is 4.52 Å². The Hall–Kier alpha value is -1.32. The zero-order valence-corrected chi connectivity index (χ0v) is 8.42. The minimum atomic E-state index is 0.0643. The smallest absolute Gasteiger partial charge is 0.226 e. The predicted molar refractivity (Wildman–Crippen MR) is 48.4 cm³/mol. The molecule has 0 radical (unpaired) electrons. The lowest BCUT2D eigenvalue weighted by Gasteiger charge is -2.09. The van der Waals surface area contributed by atoms with E-state index in [1.807, 2.05) is 13.8 Å². The Bertz CT molecular complexity index is 296. The normalized spacial score (nSPS) is 10.2. The molecule has 0 aliphatic rings. The summed E-state index contributed by atoms with van der Waals surface area (Å²) >= 11 is 0. The standard InChI is InChI=1S/C9H14N2O2/c1-6-8(7(2)13-10-6)5-9(12)11(3)4/h5H2,1-4H3. The molecule has 0 spiro atoms. The second kappa shape index (κ2) is 3.60. The third-order valence-corrected chi connectivity index (χ3v) is 2.01. The summed E-state index contributed by atoms with van der Waals surface area (Å²) in [5, 5.41) is 3.78. The van der Waals surface area contributed by atoms with Crippen molar-refractivity contribution in [3.05, 3.63) is 17.0 Å². The molecule has 1 amide bonds. The SMILES string of the molecule is Cc1noc(C)c1CC(=O)N(C)C. The number of amides is 1. The first-order valence-corrected chi connectivity index (χ1v) is 4.14. The third-order valence-electron chi connectivity index (χ3n) is 2.01. The molecule has 4 heteroatoms. The van der Waals surface area contributed by atoms with Gasteiger partial charge in [0.2, 0.25) is 5.91 Å². The van der Waals surface area contributed by atoms with E-state index < -0.39 is 0 Å². The van der Waals surface area contributed by atoms with Gasteiger partial charge in [-0.05, 0) is 13.8 Å². The first-order valence-electron chi connectivity index (χ1n) is 4.14. The molecule has 0 aromatic carbocycles. The van der Waals surface area contributed by atoms with Gasteiger partial charge in [-0.1, -0.05) is 5.16 Å². The van der Waals surface area contributed by atoms with Gasteiger partial charge in [0, 0.05) is 19.7 Å². The van der Waals surface area contributed by atoms with Gasteiger partial charge >= 0.3 is 0 Å². The average molecular weight is 182 g/mol. The number of carbonyl (C=O) groups excluding carboxylic acids is 1. The van der Waals surface area contributed by atoms with Crippen LogP contribution in [0.1, 0.15) is 17.0 Å². The van der Waals surface area contributed by atoms with Gasteiger partial charge in [-0.2, -0.15) is 0 Å². The number of hydrogen-bond acceptors (Lipinski definition) is 3. The van der Waals surface area contributed by atoms with Gasteiger partial charge in [-0.3, -0.25) is 4.79 Å². The van der Waals surface area contributed by atoms with Crippen LogP contribution < -0.4 is 0 Å². The zero-order valence-electron chi connectivity index (χ0n) is 8.42. The molecule has 0 atom stereocenters. The van der Waals surface area contributed by atoms with Crippen LogP contribution in [0.5, 0.6) is 0 Å². The highest BCUT2D eigenvalue weighted by molar-refractivity contribution is 5.78. The Balaban J connectivity index is 2.79. The van der Waals surface area contributed by atoms with Gasteiger partial charge in [-0.25, -0.2) is 0 Å². The van der Waals surface area contributed by atoms with E-state index in [-0.39, 0.29) is 5.91 Å². The molecule has 0 saturated heterocycles. The highest BCUT2D eigenvalue weighted by atomic mass is 16.5. The molecule has 4 nitrogen and oxygen atoms in total. The molecule has 1 aromatic rings. The molecule has 0 bridgehead atoms. The van der Waals surface area contributed by atoms with E-state index in [0.717, 1.165) is 17.0 Å². The summed E-state index contributed by atoms with van der Waals surface area (Å²) in [6, 6.07) is 0. The highest BCUT2D eigenvalue weighted by Gasteiger charge is 2.13. The minimum absolute atomic E-state index is 0.0643. The van der Waals surface area contributed by atoms with E-state index in [1.54, 1.807) is 19.0 Å². The number of nitrogens with zero attached hydrogens (tertiary/aromatic N) is 2. The fourth-order valence-electron chi connectivity index (χ4n) is 1.06. The zero-order chi connectivity index (χ0) is 10.0. The van der Waals surface area contributed by atoms with Crippen LogP contribution in [0.3, 0.4) is 0 Å². The summed E-state index contributed by atoms with van der Waals surface area (Å²) in [5.41, 5.74) is 1.70. The molecule has 0 unspecified atom stereocenters. The molecule has 0 aliphatic carbocycles. The lowest BCUT2D eigenvalue weighted by atomic mass is 10.1. The fourth-order valence-corrected chi connectivity index (χ4v) is 1.06. The lowest BCUT2D eigenvalue weighted by Crippen LogP contribution is -2.23. The van der Waals surface area contributed by atoms with Gasteiger partial charge in [0.05, 0.1) is 12.1 Å². The Morgan fingerprint density at radius 1 is 1.46 bits per heavy atom. The molecular weight excluding hydrogens is 168 g/mol. The van der Waals surface area contributed by atoms with Crippen LogP contribution in [0.25, 0.3) is 0 Å². The van der Waals surface area contributed by atoms with Crippen LogP contribution in [-0.4, -0.2) is 30.1 Å². The van der Waals surface area contributed by atoms with Crippen molar-refractivity contribution in [3.63, 3.8) is 0 Å². The number of aryl methyl sites for hydroxylation is 2. The van der Waals surface area contributed by atoms with Crippen LogP contribution in [0.2, 0.25) is 0 Å². The number of rotatable bonds is 2. The van der Waals surface area contributed by atoms with E-state index in [2.05, 4.69) is 5.16 Å². The van der Waals surface area contributed by atoms with Gasteiger partial charge in [-0.15, -0.1) is 0 Å². The number of likely N-dealkylation sites (N-methyl/N-ethyl adjacent to an activating group) is 1. The van der Waals surface area contributed by atoms with Crippen LogP contribution in [0.4, 0.5) is 0 Å². The quantitative estimate of drug-likeness (QED) is 0.683. The maximum absolute atomic E-state index is 11.4. The molecule has 72 valence electrons. The molecule has 0 fully saturated rings. The number of carbonyl (C=O) groups is 1. The monoisotopic (exact) mass is 182 g/mol. The first-order chi connectivity index (χ1) is 6.02. The molecule has 0 aliphatic heterocycles. The second-order valence-corrected chi connectivity index (χ2v) is 3.27. The van der Waals surface area contributed by atoms with Gasteiger partial charge in [0.15, 0.2) is 0 Å².